The van der Waals surface area contributed by atoms with E-state index in [9.17, 15) is 16.8 Å². The molecule has 0 saturated carbocycles. The zero-order valence-corrected chi connectivity index (χ0v) is 17.6. The third-order valence-electron chi connectivity index (χ3n) is 4.85. The van der Waals surface area contributed by atoms with Crippen LogP contribution in [-0.2, 0) is 26.2 Å². The monoisotopic (exact) mass is 423 g/mol. The summed E-state index contributed by atoms with van der Waals surface area (Å²) < 4.78 is 56.0. The van der Waals surface area contributed by atoms with Gasteiger partial charge < -0.3 is 10.1 Å². The molecule has 1 aliphatic heterocycles. The van der Waals surface area contributed by atoms with Crippen molar-refractivity contribution in [3.05, 3.63) is 59.7 Å². The Morgan fingerprint density at radius 1 is 1.04 bits per heavy atom. The van der Waals surface area contributed by atoms with Crippen LogP contribution < -0.4 is 10.1 Å². The van der Waals surface area contributed by atoms with E-state index in [0.717, 1.165) is 11.1 Å². The Kier molecular flexibility index (Phi) is 6.12. The average molecular weight is 424 g/mol. The molecule has 0 radical (unpaired) electrons. The molecule has 0 bridgehead atoms. The van der Waals surface area contributed by atoms with Gasteiger partial charge in [-0.3, -0.25) is 0 Å². The smallest absolute Gasteiger partial charge is 0.183 e. The van der Waals surface area contributed by atoms with Gasteiger partial charge in [-0.1, -0.05) is 29.8 Å². The molecule has 2 atom stereocenters. The summed E-state index contributed by atoms with van der Waals surface area (Å²) in [6, 6.07) is 13.3. The van der Waals surface area contributed by atoms with Gasteiger partial charge in [0.05, 0.1) is 28.3 Å². The van der Waals surface area contributed by atoms with Crippen LogP contribution in [0.25, 0.3) is 0 Å². The lowest BCUT2D eigenvalue weighted by Gasteiger charge is -2.20. The van der Waals surface area contributed by atoms with E-state index >= 15 is 0 Å². The Labute approximate surface area is 166 Å². The van der Waals surface area contributed by atoms with Gasteiger partial charge in [-0.05, 0) is 43.7 Å². The molecule has 0 spiro atoms. The number of aryl methyl sites for hydroxylation is 1. The van der Waals surface area contributed by atoms with Crippen molar-refractivity contribution < 1.29 is 21.6 Å². The molecule has 1 saturated heterocycles. The van der Waals surface area contributed by atoms with Gasteiger partial charge in [-0.2, -0.15) is 0 Å². The van der Waals surface area contributed by atoms with E-state index in [2.05, 4.69) is 5.32 Å². The van der Waals surface area contributed by atoms with Crippen molar-refractivity contribution >= 4 is 19.7 Å². The molecular weight excluding hydrogens is 398 g/mol. The number of ether oxygens (including phenoxy) is 1. The van der Waals surface area contributed by atoms with E-state index in [1.807, 2.05) is 38.1 Å². The molecular formula is C20H25NO5S2. The average Bonchev–Trinajstić information content (AvgIpc) is 2.97. The zero-order chi connectivity index (χ0) is 20.4. The van der Waals surface area contributed by atoms with Crippen molar-refractivity contribution in [2.45, 2.75) is 36.6 Å². The fourth-order valence-corrected chi connectivity index (χ4v) is 8.05. The summed E-state index contributed by atoms with van der Waals surface area (Å²) in [6.07, 6.45) is 0. The van der Waals surface area contributed by atoms with Crippen molar-refractivity contribution in [3.8, 4) is 5.75 Å². The first-order valence-corrected chi connectivity index (χ1v) is 12.5. The Bertz CT molecular complexity index is 1010. The van der Waals surface area contributed by atoms with E-state index < -0.39 is 31.0 Å². The number of hydrogen-bond donors (Lipinski definition) is 1. The second-order valence-electron chi connectivity index (χ2n) is 7.04. The Balaban J connectivity index is 1.81. The highest BCUT2D eigenvalue weighted by atomic mass is 32.2. The highest BCUT2D eigenvalue weighted by Crippen LogP contribution is 2.27. The quantitative estimate of drug-likeness (QED) is 0.734. The van der Waals surface area contributed by atoms with E-state index in [1.165, 1.54) is 12.1 Å². The van der Waals surface area contributed by atoms with Gasteiger partial charge in [0, 0.05) is 12.6 Å². The maximum Gasteiger partial charge on any atom is 0.183 e. The number of sulfone groups is 2. The Morgan fingerprint density at radius 2 is 1.68 bits per heavy atom. The molecule has 6 nitrogen and oxygen atoms in total. The summed E-state index contributed by atoms with van der Waals surface area (Å²) in [4.78, 5) is 0.111. The SMILES string of the molecule is CCOc1ccc(S(=O)(=O)C2CS(=O)(=O)CC2NCc2ccc(C)cc2)cc1. The molecule has 0 aromatic heterocycles. The van der Waals surface area contributed by atoms with E-state index in [1.54, 1.807) is 12.1 Å². The molecule has 1 fully saturated rings. The molecule has 28 heavy (non-hydrogen) atoms. The molecule has 152 valence electrons. The highest BCUT2D eigenvalue weighted by Gasteiger charge is 2.45. The molecule has 0 aliphatic carbocycles. The Hall–Kier alpha value is -1.90. The van der Waals surface area contributed by atoms with Gasteiger partial charge in [0.1, 0.15) is 5.75 Å². The molecule has 0 amide bonds. The van der Waals surface area contributed by atoms with Crippen LogP contribution in [0.1, 0.15) is 18.1 Å². The predicted molar refractivity (Wildman–Crippen MR) is 109 cm³/mol. The van der Waals surface area contributed by atoms with Crippen molar-refractivity contribution in [3.63, 3.8) is 0 Å². The first-order chi connectivity index (χ1) is 13.2. The number of nitrogens with one attached hydrogen (secondary N) is 1. The first-order valence-electron chi connectivity index (χ1n) is 9.17. The molecule has 2 unspecified atom stereocenters. The molecule has 2 aromatic carbocycles. The normalized spacial score (nSPS) is 21.5. The van der Waals surface area contributed by atoms with Gasteiger partial charge in [0.15, 0.2) is 19.7 Å². The summed E-state index contributed by atoms with van der Waals surface area (Å²) in [5.41, 5.74) is 2.11. The minimum Gasteiger partial charge on any atom is -0.494 e. The summed E-state index contributed by atoms with van der Waals surface area (Å²) in [7, 11) is -7.23. The molecule has 2 aromatic rings. The summed E-state index contributed by atoms with van der Waals surface area (Å²) in [6.45, 7) is 4.73. The van der Waals surface area contributed by atoms with Crippen LogP contribution in [0, 0.1) is 6.92 Å². The molecule has 1 heterocycles. The minimum absolute atomic E-state index is 0.111. The lowest BCUT2D eigenvalue weighted by atomic mass is 10.1. The van der Waals surface area contributed by atoms with Gasteiger partial charge >= 0.3 is 0 Å². The minimum atomic E-state index is -3.80. The van der Waals surface area contributed by atoms with Crippen molar-refractivity contribution in [1.29, 1.82) is 0 Å². The maximum atomic E-state index is 13.1. The summed E-state index contributed by atoms with van der Waals surface area (Å²) >= 11 is 0. The van der Waals surface area contributed by atoms with Crippen molar-refractivity contribution in [1.82, 2.24) is 5.32 Å². The van der Waals surface area contributed by atoms with E-state index in [0.29, 0.717) is 18.9 Å². The topological polar surface area (TPSA) is 89.5 Å². The number of rotatable bonds is 7. The van der Waals surface area contributed by atoms with Crippen LogP contribution in [-0.4, -0.2) is 46.2 Å². The second-order valence-corrected chi connectivity index (χ2v) is 11.4. The molecule has 1 N–H and O–H groups in total. The molecule has 3 rings (SSSR count). The lowest BCUT2D eigenvalue weighted by molar-refractivity contribution is 0.340. The third kappa shape index (κ3) is 4.74. The second kappa shape index (κ2) is 8.23. The maximum absolute atomic E-state index is 13.1. The van der Waals surface area contributed by atoms with Crippen LogP contribution in [0.2, 0.25) is 0 Å². The Morgan fingerprint density at radius 3 is 2.29 bits per heavy atom. The fourth-order valence-electron chi connectivity index (χ4n) is 3.33. The van der Waals surface area contributed by atoms with Crippen LogP contribution >= 0.6 is 0 Å². The number of hydrogen-bond acceptors (Lipinski definition) is 6. The molecule has 8 heteroatoms. The highest BCUT2D eigenvalue weighted by molar-refractivity contribution is 7.96. The van der Waals surface area contributed by atoms with Crippen LogP contribution in [0.4, 0.5) is 0 Å². The van der Waals surface area contributed by atoms with Crippen LogP contribution in [0.5, 0.6) is 5.75 Å². The lowest BCUT2D eigenvalue weighted by Crippen LogP contribution is -2.43. The largest absolute Gasteiger partial charge is 0.494 e. The van der Waals surface area contributed by atoms with Crippen LogP contribution in [0.15, 0.2) is 53.4 Å². The van der Waals surface area contributed by atoms with Gasteiger partial charge in [-0.15, -0.1) is 0 Å². The van der Waals surface area contributed by atoms with Gasteiger partial charge in [0.25, 0.3) is 0 Å². The fraction of sp³-hybridized carbons (Fsp3) is 0.400. The van der Waals surface area contributed by atoms with Gasteiger partial charge in [0.2, 0.25) is 0 Å². The van der Waals surface area contributed by atoms with E-state index in [-0.39, 0.29) is 16.4 Å². The van der Waals surface area contributed by atoms with Crippen LogP contribution in [0.3, 0.4) is 0 Å². The number of benzene rings is 2. The van der Waals surface area contributed by atoms with Crippen molar-refractivity contribution in [2.24, 2.45) is 0 Å². The first kappa shape index (κ1) is 20.8. The standard InChI is InChI=1S/C20H25NO5S2/c1-3-26-17-8-10-18(11-9-17)28(24,25)20-14-27(22,23)13-19(20)21-12-16-6-4-15(2)5-7-16/h4-11,19-21H,3,12-14H2,1-2H3. The zero-order valence-electron chi connectivity index (χ0n) is 16.0. The molecule has 1 aliphatic rings. The van der Waals surface area contributed by atoms with Gasteiger partial charge in [-0.25, -0.2) is 16.8 Å². The third-order valence-corrected chi connectivity index (χ3v) is 9.02. The summed E-state index contributed by atoms with van der Waals surface area (Å²) in [5.74, 6) is 0.0306. The summed E-state index contributed by atoms with van der Waals surface area (Å²) in [5, 5.41) is 2.13. The predicted octanol–water partition coefficient (Wildman–Crippen LogP) is 2.12. The van der Waals surface area contributed by atoms with E-state index in [4.69, 9.17) is 4.74 Å². The van der Waals surface area contributed by atoms with Crippen molar-refractivity contribution in [2.75, 3.05) is 18.1 Å².